The smallest absolute Gasteiger partial charge is 0.317 e. The van der Waals surface area contributed by atoms with Gasteiger partial charge >= 0.3 is 5.97 Å². The van der Waals surface area contributed by atoms with Crippen molar-refractivity contribution in [3.05, 3.63) is 29.3 Å². The van der Waals surface area contributed by atoms with Gasteiger partial charge in [0.15, 0.2) is 0 Å². The van der Waals surface area contributed by atoms with E-state index in [1.807, 2.05) is 13.0 Å². The first-order valence-corrected chi connectivity index (χ1v) is 5.07. The number of hydrogen-bond donors (Lipinski definition) is 2. The third-order valence-electron chi connectivity index (χ3n) is 2.43. The van der Waals surface area contributed by atoms with E-state index in [1.165, 1.54) is 18.0 Å². The van der Waals surface area contributed by atoms with Crippen LogP contribution in [-0.4, -0.2) is 34.7 Å². The Labute approximate surface area is 99.5 Å². The molecule has 0 bridgehead atoms. The molecule has 5 nitrogen and oxygen atoms in total. The summed E-state index contributed by atoms with van der Waals surface area (Å²) in [6.45, 7) is 1.58. The van der Waals surface area contributed by atoms with Crippen molar-refractivity contribution < 1.29 is 15.0 Å². The van der Waals surface area contributed by atoms with Gasteiger partial charge in [-0.3, -0.25) is 9.69 Å². The van der Waals surface area contributed by atoms with E-state index in [0.717, 1.165) is 5.56 Å². The van der Waals surface area contributed by atoms with Gasteiger partial charge in [0.2, 0.25) is 0 Å². The minimum Gasteiger partial charge on any atom is -0.508 e. The topological polar surface area (TPSA) is 84.6 Å². The van der Waals surface area contributed by atoms with Crippen molar-refractivity contribution in [1.29, 1.82) is 5.26 Å². The third kappa shape index (κ3) is 3.20. The summed E-state index contributed by atoms with van der Waals surface area (Å²) in [5.74, 6) is -1.01. The van der Waals surface area contributed by atoms with Gasteiger partial charge in [0.1, 0.15) is 11.8 Å². The highest BCUT2D eigenvalue weighted by Crippen LogP contribution is 2.28. The Balaban J connectivity index is 3.05. The average molecular weight is 234 g/mol. The molecular weight excluding hydrogens is 220 g/mol. The molecule has 0 saturated heterocycles. The molecule has 0 spiro atoms. The number of rotatable bonds is 4. The number of likely N-dealkylation sites (N-methyl/N-ethyl adjacent to an activating group) is 1. The van der Waals surface area contributed by atoms with Crippen LogP contribution in [0.3, 0.4) is 0 Å². The summed E-state index contributed by atoms with van der Waals surface area (Å²) in [6.07, 6.45) is 0. The van der Waals surface area contributed by atoms with Crippen molar-refractivity contribution in [3.8, 4) is 11.8 Å². The second kappa shape index (κ2) is 5.32. The van der Waals surface area contributed by atoms with Crippen molar-refractivity contribution in [2.24, 2.45) is 0 Å². The van der Waals surface area contributed by atoms with Crippen LogP contribution in [-0.2, 0) is 4.79 Å². The third-order valence-corrected chi connectivity index (χ3v) is 2.43. The van der Waals surface area contributed by atoms with Crippen LogP contribution in [0.5, 0.6) is 5.75 Å². The summed E-state index contributed by atoms with van der Waals surface area (Å²) < 4.78 is 0. The molecule has 0 fully saturated rings. The van der Waals surface area contributed by atoms with Crippen molar-refractivity contribution in [3.63, 3.8) is 0 Å². The van der Waals surface area contributed by atoms with Gasteiger partial charge in [0.05, 0.1) is 12.6 Å². The number of aromatic hydroxyl groups is 1. The van der Waals surface area contributed by atoms with Crippen LogP contribution in [0.2, 0.25) is 0 Å². The highest BCUT2D eigenvalue weighted by atomic mass is 16.4. The van der Waals surface area contributed by atoms with Crippen LogP contribution in [0.1, 0.15) is 17.2 Å². The van der Waals surface area contributed by atoms with E-state index in [9.17, 15) is 9.90 Å². The summed E-state index contributed by atoms with van der Waals surface area (Å²) in [7, 11) is 1.53. The molecule has 0 amide bonds. The second-order valence-electron chi connectivity index (χ2n) is 3.90. The molecule has 0 heterocycles. The summed E-state index contributed by atoms with van der Waals surface area (Å²) in [5, 5.41) is 27.5. The number of phenolic OH excluding ortho intramolecular Hbond substituents is 1. The fraction of sp³-hybridized carbons (Fsp3) is 0.333. The van der Waals surface area contributed by atoms with Crippen LogP contribution in [0, 0.1) is 18.3 Å². The van der Waals surface area contributed by atoms with E-state index in [0.29, 0.717) is 5.56 Å². The van der Waals surface area contributed by atoms with Crippen LogP contribution < -0.4 is 0 Å². The number of phenols is 1. The number of hydrogen-bond acceptors (Lipinski definition) is 4. The SMILES string of the molecule is Cc1ccc(O)c(C(C#N)N(C)CC(=O)O)c1. The van der Waals surface area contributed by atoms with Crippen molar-refractivity contribution in [1.82, 2.24) is 4.90 Å². The van der Waals surface area contributed by atoms with Crippen LogP contribution >= 0.6 is 0 Å². The normalized spacial score (nSPS) is 12.1. The molecule has 1 aromatic carbocycles. The zero-order valence-electron chi connectivity index (χ0n) is 9.71. The van der Waals surface area contributed by atoms with E-state index in [-0.39, 0.29) is 12.3 Å². The molecule has 1 atom stereocenters. The van der Waals surface area contributed by atoms with Gasteiger partial charge in [-0.05, 0) is 26.1 Å². The predicted octanol–water partition coefficient (Wildman–Crippen LogP) is 1.28. The minimum atomic E-state index is -1.01. The highest BCUT2D eigenvalue weighted by Gasteiger charge is 2.21. The maximum Gasteiger partial charge on any atom is 0.317 e. The fourth-order valence-corrected chi connectivity index (χ4v) is 1.60. The van der Waals surface area contributed by atoms with Crippen LogP contribution in [0.15, 0.2) is 18.2 Å². The Morgan fingerprint density at radius 2 is 2.24 bits per heavy atom. The number of carbonyl (C=O) groups is 1. The minimum absolute atomic E-state index is 0.000566. The first kappa shape index (κ1) is 13.0. The Bertz CT molecular complexity index is 465. The molecule has 0 saturated carbocycles. The molecule has 2 N–H and O–H groups in total. The van der Waals surface area contributed by atoms with Gasteiger partial charge in [-0.2, -0.15) is 5.26 Å². The maximum absolute atomic E-state index is 10.6. The standard InChI is InChI=1S/C12H14N2O3/c1-8-3-4-11(15)9(5-8)10(6-13)14(2)7-12(16)17/h3-5,10,15H,7H2,1-2H3,(H,16,17). The van der Waals surface area contributed by atoms with Gasteiger partial charge in [-0.25, -0.2) is 0 Å². The molecule has 17 heavy (non-hydrogen) atoms. The lowest BCUT2D eigenvalue weighted by molar-refractivity contribution is -0.138. The maximum atomic E-state index is 10.6. The van der Waals surface area contributed by atoms with E-state index in [1.54, 1.807) is 12.1 Å². The van der Waals surface area contributed by atoms with Crippen LogP contribution in [0.4, 0.5) is 0 Å². The Morgan fingerprint density at radius 3 is 2.76 bits per heavy atom. The molecule has 1 rings (SSSR count). The lowest BCUT2D eigenvalue weighted by Crippen LogP contribution is -2.29. The second-order valence-corrected chi connectivity index (χ2v) is 3.90. The zero-order chi connectivity index (χ0) is 13.0. The summed E-state index contributed by atoms with van der Waals surface area (Å²) in [4.78, 5) is 12.0. The average Bonchev–Trinajstić information content (AvgIpc) is 2.23. The van der Waals surface area contributed by atoms with Gasteiger partial charge in [0, 0.05) is 5.56 Å². The Kier molecular flexibility index (Phi) is 4.07. The monoisotopic (exact) mass is 234 g/mol. The summed E-state index contributed by atoms with van der Waals surface area (Å²) >= 11 is 0. The van der Waals surface area contributed by atoms with Gasteiger partial charge in [0.25, 0.3) is 0 Å². The van der Waals surface area contributed by atoms with E-state index in [4.69, 9.17) is 10.4 Å². The molecule has 1 unspecified atom stereocenters. The first-order valence-electron chi connectivity index (χ1n) is 5.07. The number of nitrogens with zero attached hydrogens (tertiary/aromatic N) is 2. The molecule has 5 heteroatoms. The van der Waals surface area contributed by atoms with E-state index in [2.05, 4.69) is 0 Å². The quantitative estimate of drug-likeness (QED) is 0.819. The van der Waals surface area contributed by atoms with Gasteiger partial charge in [-0.1, -0.05) is 11.6 Å². The fourth-order valence-electron chi connectivity index (χ4n) is 1.60. The van der Waals surface area contributed by atoms with Gasteiger partial charge < -0.3 is 10.2 Å². The number of carboxylic acid groups (broad SMARTS) is 1. The molecule has 0 aliphatic heterocycles. The summed E-state index contributed by atoms with van der Waals surface area (Å²) in [6, 6.07) is 6.13. The molecule has 0 radical (unpaired) electrons. The molecule has 1 aromatic rings. The number of benzene rings is 1. The number of aryl methyl sites for hydroxylation is 1. The van der Waals surface area contributed by atoms with E-state index >= 15 is 0 Å². The van der Waals surface area contributed by atoms with Gasteiger partial charge in [-0.15, -0.1) is 0 Å². The Morgan fingerprint density at radius 1 is 1.59 bits per heavy atom. The van der Waals surface area contributed by atoms with Crippen LogP contribution in [0.25, 0.3) is 0 Å². The van der Waals surface area contributed by atoms with Crippen molar-refractivity contribution in [2.45, 2.75) is 13.0 Å². The molecule has 0 aliphatic carbocycles. The van der Waals surface area contributed by atoms with Crippen molar-refractivity contribution in [2.75, 3.05) is 13.6 Å². The number of nitriles is 1. The molecule has 90 valence electrons. The lowest BCUT2D eigenvalue weighted by Gasteiger charge is -2.21. The highest BCUT2D eigenvalue weighted by molar-refractivity contribution is 5.69. The van der Waals surface area contributed by atoms with E-state index < -0.39 is 12.0 Å². The summed E-state index contributed by atoms with van der Waals surface area (Å²) in [5.41, 5.74) is 1.33. The number of carboxylic acids is 1. The van der Waals surface area contributed by atoms with Crippen molar-refractivity contribution >= 4 is 5.97 Å². The predicted molar refractivity (Wildman–Crippen MR) is 61.5 cm³/mol. The molecule has 0 aromatic heterocycles. The zero-order valence-corrected chi connectivity index (χ0v) is 9.71. The number of aliphatic carboxylic acids is 1. The molecule has 0 aliphatic rings. The Hall–Kier alpha value is -2.06. The lowest BCUT2D eigenvalue weighted by atomic mass is 10.0. The largest absolute Gasteiger partial charge is 0.508 e. The first-order chi connectivity index (χ1) is 7.95. The molecular formula is C12H14N2O3.